The third-order valence-corrected chi connectivity index (χ3v) is 15.0. The highest BCUT2D eigenvalue weighted by Gasteiger charge is 2.21. The Balaban J connectivity index is 1.02. The molecule has 13 rings (SSSR count). The fourth-order valence-corrected chi connectivity index (χ4v) is 11.3. The van der Waals surface area contributed by atoms with E-state index in [0.29, 0.717) is 0 Å². The summed E-state index contributed by atoms with van der Waals surface area (Å²) in [6.07, 6.45) is 4.64. The number of hydrogen-bond donors (Lipinski definition) is 0. The molecule has 0 saturated heterocycles. The summed E-state index contributed by atoms with van der Waals surface area (Å²) in [5.41, 5.74) is 18.5. The number of aromatic nitrogens is 1. The summed E-state index contributed by atoms with van der Waals surface area (Å²) in [5.74, 6) is 0. The average Bonchev–Trinajstić information content (AvgIpc) is 3.95. The van der Waals surface area contributed by atoms with Crippen LogP contribution < -0.4 is 9.80 Å². The van der Waals surface area contributed by atoms with Crippen molar-refractivity contribution in [3.05, 3.63) is 327 Å². The van der Waals surface area contributed by atoms with Gasteiger partial charge in [0, 0.05) is 50.6 Å². The molecular weight excluding hydrogens is 943 g/mol. The van der Waals surface area contributed by atoms with E-state index in [1.54, 1.807) is 0 Å². The van der Waals surface area contributed by atoms with Crippen LogP contribution >= 0.6 is 0 Å². The van der Waals surface area contributed by atoms with Crippen LogP contribution in [-0.4, -0.2) is 4.57 Å². The molecule has 0 spiro atoms. The smallest absolute Gasteiger partial charge is 0.0561 e. The number of anilines is 4. The molecule has 0 bridgehead atoms. The maximum atomic E-state index is 5.04. The largest absolute Gasteiger partial charge is 0.314 e. The molecule has 0 amide bonds. The molecule has 0 aliphatic carbocycles. The molecule has 0 fully saturated rings. The topological polar surface area (TPSA) is 11.4 Å². The van der Waals surface area contributed by atoms with Gasteiger partial charge in [-0.25, -0.2) is 0 Å². The molecule has 0 aliphatic heterocycles. The molecule has 1 aromatic heterocycles. The van der Waals surface area contributed by atoms with Gasteiger partial charge in [-0.05, 0) is 158 Å². The summed E-state index contributed by atoms with van der Waals surface area (Å²) >= 11 is 0. The molecule has 3 nitrogen and oxygen atoms in total. The van der Waals surface area contributed by atoms with Crippen LogP contribution in [0.15, 0.2) is 321 Å². The zero-order chi connectivity index (χ0) is 52.4. The first-order chi connectivity index (χ1) is 38.5. The van der Waals surface area contributed by atoms with Gasteiger partial charge < -0.3 is 14.4 Å². The summed E-state index contributed by atoms with van der Waals surface area (Å²) in [5, 5.41) is 7.15. The van der Waals surface area contributed by atoms with Gasteiger partial charge in [0.2, 0.25) is 0 Å². The number of hydrogen-bond acceptors (Lipinski definition) is 2. The van der Waals surface area contributed by atoms with Crippen molar-refractivity contribution in [2.24, 2.45) is 0 Å². The van der Waals surface area contributed by atoms with Crippen molar-refractivity contribution in [1.82, 2.24) is 4.57 Å². The first-order valence-electron chi connectivity index (χ1n) is 26.7. The number of rotatable bonds is 13. The Morgan fingerprint density at radius 2 is 0.744 bits per heavy atom. The summed E-state index contributed by atoms with van der Waals surface area (Å²) in [6, 6.07) is 105. The van der Waals surface area contributed by atoms with E-state index in [0.717, 1.165) is 73.0 Å². The van der Waals surface area contributed by atoms with Gasteiger partial charge >= 0.3 is 0 Å². The van der Waals surface area contributed by atoms with E-state index >= 15 is 0 Å². The normalized spacial score (nSPS) is 11.9. The van der Waals surface area contributed by atoms with Crippen LogP contribution in [0.5, 0.6) is 0 Å². The highest BCUT2D eigenvalue weighted by molar-refractivity contribution is 6.13. The van der Waals surface area contributed by atoms with Crippen LogP contribution in [0.4, 0.5) is 22.7 Å². The van der Waals surface area contributed by atoms with E-state index in [9.17, 15) is 0 Å². The predicted octanol–water partition coefficient (Wildman–Crippen LogP) is 20.6. The second-order valence-corrected chi connectivity index (χ2v) is 19.9. The Kier molecular flexibility index (Phi) is 12.7. The lowest BCUT2D eigenvalue weighted by molar-refractivity contribution is 1.16. The van der Waals surface area contributed by atoms with Crippen molar-refractivity contribution in [1.29, 1.82) is 0 Å². The van der Waals surface area contributed by atoms with Gasteiger partial charge in [-0.15, -0.1) is 0 Å². The summed E-state index contributed by atoms with van der Waals surface area (Å²) in [4.78, 5) is 4.69. The zero-order valence-corrected chi connectivity index (χ0v) is 43.4. The van der Waals surface area contributed by atoms with Crippen LogP contribution in [0.2, 0.25) is 0 Å². The first kappa shape index (κ1) is 47.5. The fourth-order valence-electron chi connectivity index (χ4n) is 11.3. The molecule has 0 radical (unpaired) electrons. The number of nitrogens with zero attached hydrogens (tertiary/aromatic N) is 3. The molecule has 0 unspecified atom stereocenters. The lowest BCUT2D eigenvalue weighted by atomic mass is 9.92. The molecule has 12 aromatic carbocycles. The molecule has 3 heteroatoms. The van der Waals surface area contributed by atoms with Crippen molar-refractivity contribution in [2.45, 2.75) is 6.92 Å². The summed E-state index contributed by atoms with van der Waals surface area (Å²) in [7, 11) is 0. The molecule has 1 heterocycles. The minimum absolute atomic E-state index is 0.812. The van der Waals surface area contributed by atoms with Crippen LogP contribution in [0.3, 0.4) is 0 Å². The maximum absolute atomic E-state index is 5.04. The van der Waals surface area contributed by atoms with Crippen LogP contribution in [0.1, 0.15) is 12.5 Å². The number of benzene rings is 12. The van der Waals surface area contributed by atoms with Crippen molar-refractivity contribution >= 4 is 71.7 Å². The quantitative estimate of drug-likeness (QED) is 0.0842. The van der Waals surface area contributed by atoms with Gasteiger partial charge in [0.15, 0.2) is 0 Å². The zero-order valence-electron chi connectivity index (χ0n) is 43.4. The highest BCUT2D eigenvalue weighted by Crippen LogP contribution is 2.42. The monoisotopic (exact) mass is 997 g/mol. The van der Waals surface area contributed by atoms with E-state index < -0.39 is 0 Å². The second kappa shape index (κ2) is 20.8. The number of para-hydroxylation sites is 2. The van der Waals surface area contributed by atoms with Crippen molar-refractivity contribution in [3.8, 4) is 39.1 Å². The molecular formula is C75H55N3. The Labute approximate surface area is 456 Å². The lowest BCUT2D eigenvalue weighted by Gasteiger charge is -2.28. The van der Waals surface area contributed by atoms with Gasteiger partial charge in [-0.2, -0.15) is 0 Å². The van der Waals surface area contributed by atoms with Crippen molar-refractivity contribution in [2.75, 3.05) is 9.80 Å². The fraction of sp³-hybridized carbons (Fsp3) is 0.0133. The maximum Gasteiger partial charge on any atom is 0.0561 e. The van der Waals surface area contributed by atoms with E-state index in [-0.39, 0.29) is 0 Å². The molecule has 0 aliphatic rings. The third kappa shape index (κ3) is 9.14. The second-order valence-electron chi connectivity index (χ2n) is 19.9. The van der Waals surface area contributed by atoms with Gasteiger partial charge in [-0.3, -0.25) is 0 Å². The minimum Gasteiger partial charge on any atom is -0.314 e. The van der Waals surface area contributed by atoms with Gasteiger partial charge in [0.25, 0.3) is 0 Å². The summed E-state index contributed by atoms with van der Waals surface area (Å²) < 4.78 is 2.38. The molecule has 78 heavy (non-hydrogen) atoms. The summed E-state index contributed by atoms with van der Waals surface area (Å²) in [6.45, 7) is 7.27. The standard InChI is InChI=1S/C75H55N3/c1-53(76(64-41-35-58(36-42-64)55-21-7-3-8-22-55)65-43-37-59(38-44-65)56-23-9-4-10-24-56)49-62(73-51-61-27-15-16-30-68(61)69-31-17-18-32-70(69)73)50-54(2)77(66-45-39-60(40-46-66)57-25-11-5-12-26-57)67-47-48-72-71-33-19-20-34-74(71)78(75(72)52-67)63-28-13-6-14-29-63/h3-52H,2H2,1H3/b53-49+,62-50+. The molecule has 370 valence electrons. The molecule has 0 atom stereocenters. The predicted molar refractivity (Wildman–Crippen MR) is 333 cm³/mol. The van der Waals surface area contributed by atoms with Crippen LogP contribution in [-0.2, 0) is 0 Å². The highest BCUT2D eigenvalue weighted by atomic mass is 15.2. The van der Waals surface area contributed by atoms with Crippen molar-refractivity contribution in [3.63, 3.8) is 0 Å². The SMILES string of the molecule is C=C(/C=C(\C=C(/C)N(c1ccc(-c2ccccc2)cc1)c1ccc(-c2ccccc2)cc1)c1cc2ccccc2c2ccccc12)N(c1ccc(-c2ccccc2)cc1)c1ccc2c3ccccc3n(-c3ccccc3)c2c1. The molecule has 0 saturated carbocycles. The minimum atomic E-state index is 0.812. The lowest BCUT2D eigenvalue weighted by Crippen LogP contribution is -2.16. The Hall–Kier alpha value is -10.2. The number of fused-ring (bicyclic) bond motifs is 6. The van der Waals surface area contributed by atoms with E-state index in [1.165, 1.54) is 54.7 Å². The molecule has 0 N–H and O–H groups in total. The Bertz CT molecular complexity index is 4260. The van der Waals surface area contributed by atoms with Crippen LogP contribution in [0, 0.1) is 0 Å². The van der Waals surface area contributed by atoms with Crippen molar-refractivity contribution < 1.29 is 0 Å². The Morgan fingerprint density at radius 1 is 0.333 bits per heavy atom. The average molecular weight is 998 g/mol. The van der Waals surface area contributed by atoms with E-state index in [4.69, 9.17) is 6.58 Å². The van der Waals surface area contributed by atoms with Crippen LogP contribution in [0.25, 0.3) is 88.0 Å². The molecule has 13 aromatic rings. The van der Waals surface area contributed by atoms with E-state index in [2.05, 4.69) is 325 Å². The Morgan fingerprint density at radius 3 is 1.29 bits per heavy atom. The van der Waals surface area contributed by atoms with E-state index in [1.807, 2.05) is 0 Å². The third-order valence-electron chi connectivity index (χ3n) is 15.0. The van der Waals surface area contributed by atoms with Gasteiger partial charge in [-0.1, -0.05) is 225 Å². The first-order valence-corrected chi connectivity index (χ1v) is 26.7. The number of allylic oxidation sites excluding steroid dienone is 4. The van der Waals surface area contributed by atoms with Gasteiger partial charge in [0.1, 0.15) is 0 Å². The van der Waals surface area contributed by atoms with Gasteiger partial charge in [0.05, 0.1) is 11.0 Å².